The first-order valence-corrected chi connectivity index (χ1v) is 19.3. The molecule has 0 saturated heterocycles. The second kappa shape index (κ2) is 13.6. The largest absolute Gasteiger partial charge is 0.435 e. The van der Waals surface area contributed by atoms with Crippen LogP contribution in [0.1, 0.15) is 0 Å². The number of hydrogen-bond acceptors (Lipinski definition) is 3. The summed E-state index contributed by atoms with van der Waals surface area (Å²) < 4.78 is 8.77. The predicted octanol–water partition coefficient (Wildman–Crippen LogP) is 14.5. The molecule has 0 spiro atoms. The Hall–Kier alpha value is -7.69. The molecule has 0 amide bonds. The van der Waals surface area contributed by atoms with E-state index < -0.39 is 0 Å². The minimum atomic E-state index is 0.632. The Balaban J connectivity index is 1.03. The van der Waals surface area contributed by atoms with Crippen molar-refractivity contribution in [2.24, 2.45) is 0 Å². The van der Waals surface area contributed by atoms with Gasteiger partial charge in [-0.05, 0) is 107 Å². The van der Waals surface area contributed by atoms with E-state index >= 15 is 0 Å². The maximum atomic E-state index is 6.41. The SMILES string of the molecule is c1ccc(-c2ccc(N(c3ccc(-c4cccc5c4ccc4nc(-c6ccccc6)oc45)cc3)c3ccc4c(c3)c3ccccc3n4-c3ccccc3)cc2)cc1. The average Bonchev–Trinajstić information content (AvgIpc) is 3.88. The van der Waals surface area contributed by atoms with Gasteiger partial charge >= 0.3 is 0 Å². The van der Waals surface area contributed by atoms with E-state index in [4.69, 9.17) is 9.40 Å². The highest BCUT2D eigenvalue weighted by atomic mass is 16.3. The highest BCUT2D eigenvalue weighted by molar-refractivity contribution is 6.11. The first-order chi connectivity index (χ1) is 28.3. The van der Waals surface area contributed by atoms with Gasteiger partial charge in [0.25, 0.3) is 0 Å². The number of rotatable bonds is 7. The Morgan fingerprint density at radius 1 is 0.386 bits per heavy atom. The molecule has 0 fully saturated rings. The topological polar surface area (TPSA) is 34.2 Å². The molecule has 9 aromatic carbocycles. The Kier molecular flexibility index (Phi) is 7.78. The second-order valence-electron chi connectivity index (χ2n) is 14.4. The third-order valence-corrected chi connectivity index (χ3v) is 11.0. The molecule has 268 valence electrons. The van der Waals surface area contributed by atoms with Gasteiger partial charge in [0.1, 0.15) is 5.52 Å². The summed E-state index contributed by atoms with van der Waals surface area (Å²) in [5.41, 5.74) is 14.0. The first-order valence-electron chi connectivity index (χ1n) is 19.3. The van der Waals surface area contributed by atoms with E-state index in [2.05, 4.69) is 191 Å². The van der Waals surface area contributed by atoms with Crippen LogP contribution in [-0.2, 0) is 0 Å². The number of aromatic nitrogens is 2. The summed E-state index contributed by atoms with van der Waals surface area (Å²) in [5, 5.41) is 4.61. The Morgan fingerprint density at radius 2 is 0.965 bits per heavy atom. The first kappa shape index (κ1) is 32.7. The number of anilines is 3. The third-order valence-electron chi connectivity index (χ3n) is 11.0. The van der Waals surface area contributed by atoms with Crippen molar-refractivity contribution in [2.45, 2.75) is 0 Å². The summed E-state index contributed by atoms with van der Waals surface area (Å²) in [5.74, 6) is 0.632. The minimum Gasteiger partial charge on any atom is -0.435 e. The van der Waals surface area contributed by atoms with E-state index in [0.717, 1.165) is 61.3 Å². The number of hydrogen-bond donors (Lipinski definition) is 0. The van der Waals surface area contributed by atoms with Gasteiger partial charge in [0, 0.05) is 44.5 Å². The molecule has 11 aromatic rings. The van der Waals surface area contributed by atoms with Gasteiger partial charge in [-0.1, -0.05) is 133 Å². The summed E-state index contributed by atoms with van der Waals surface area (Å²) in [7, 11) is 0. The molecule has 0 aliphatic rings. The van der Waals surface area contributed by atoms with Crippen molar-refractivity contribution in [3.63, 3.8) is 0 Å². The van der Waals surface area contributed by atoms with Crippen LogP contribution in [0.15, 0.2) is 217 Å². The lowest BCUT2D eigenvalue weighted by Gasteiger charge is -2.26. The summed E-state index contributed by atoms with van der Waals surface area (Å²) in [6.45, 7) is 0. The van der Waals surface area contributed by atoms with Crippen LogP contribution in [0.4, 0.5) is 17.1 Å². The molecule has 0 aliphatic heterocycles. The lowest BCUT2D eigenvalue weighted by Crippen LogP contribution is -2.10. The molecule has 2 aromatic heterocycles. The number of nitrogens with zero attached hydrogens (tertiary/aromatic N) is 3. The van der Waals surface area contributed by atoms with Crippen LogP contribution in [0, 0.1) is 0 Å². The minimum absolute atomic E-state index is 0.632. The Bertz CT molecular complexity index is 3200. The van der Waals surface area contributed by atoms with Crippen LogP contribution in [0.5, 0.6) is 0 Å². The molecule has 0 N–H and O–H groups in total. The van der Waals surface area contributed by atoms with Crippen molar-refractivity contribution >= 4 is 60.7 Å². The average molecular weight is 730 g/mol. The van der Waals surface area contributed by atoms with Gasteiger partial charge in [-0.25, -0.2) is 4.98 Å². The highest BCUT2D eigenvalue weighted by Crippen LogP contribution is 2.42. The van der Waals surface area contributed by atoms with Crippen LogP contribution in [0.25, 0.3) is 83.1 Å². The molecule has 0 radical (unpaired) electrons. The number of fused-ring (bicyclic) bond motifs is 6. The molecule has 0 atom stereocenters. The zero-order chi connectivity index (χ0) is 37.7. The molecule has 0 bridgehead atoms. The molecular formula is C53H35N3O. The lowest BCUT2D eigenvalue weighted by atomic mass is 9.97. The predicted molar refractivity (Wildman–Crippen MR) is 237 cm³/mol. The summed E-state index contributed by atoms with van der Waals surface area (Å²) >= 11 is 0. The third kappa shape index (κ3) is 5.66. The normalized spacial score (nSPS) is 11.5. The van der Waals surface area contributed by atoms with E-state index in [9.17, 15) is 0 Å². The molecule has 4 heteroatoms. The van der Waals surface area contributed by atoms with Crippen LogP contribution < -0.4 is 4.90 Å². The molecule has 0 aliphatic carbocycles. The summed E-state index contributed by atoms with van der Waals surface area (Å²) in [4.78, 5) is 7.19. The monoisotopic (exact) mass is 729 g/mol. The van der Waals surface area contributed by atoms with Crippen molar-refractivity contribution in [1.82, 2.24) is 9.55 Å². The zero-order valence-electron chi connectivity index (χ0n) is 31.0. The fourth-order valence-corrected chi connectivity index (χ4v) is 8.32. The van der Waals surface area contributed by atoms with Crippen molar-refractivity contribution in [2.75, 3.05) is 4.90 Å². The van der Waals surface area contributed by atoms with E-state index in [1.807, 2.05) is 30.3 Å². The molecule has 4 nitrogen and oxygen atoms in total. The fraction of sp³-hybridized carbons (Fsp3) is 0. The fourth-order valence-electron chi connectivity index (χ4n) is 8.32. The van der Waals surface area contributed by atoms with Gasteiger partial charge in [-0.15, -0.1) is 0 Å². The van der Waals surface area contributed by atoms with Crippen molar-refractivity contribution in [3.8, 4) is 39.4 Å². The van der Waals surface area contributed by atoms with Crippen molar-refractivity contribution in [1.29, 1.82) is 0 Å². The molecule has 0 unspecified atom stereocenters. The van der Waals surface area contributed by atoms with E-state index in [1.54, 1.807) is 0 Å². The molecule has 2 heterocycles. The van der Waals surface area contributed by atoms with Gasteiger partial charge in [0.15, 0.2) is 5.58 Å². The van der Waals surface area contributed by atoms with Crippen LogP contribution in [-0.4, -0.2) is 9.55 Å². The second-order valence-corrected chi connectivity index (χ2v) is 14.4. The number of para-hydroxylation sites is 2. The van der Waals surface area contributed by atoms with E-state index in [-0.39, 0.29) is 0 Å². The number of benzene rings is 9. The smallest absolute Gasteiger partial charge is 0.227 e. The lowest BCUT2D eigenvalue weighted by molar-refractivity contribution is 0.623. The maximum absolute atomic E-state index is 6.41. The summed E-state index contributed by atoms with van der Waals surface area (Å²) in [6, 6.07) is 75.3. The Labute approximate surface area is 330 Å². The van der Waals surface area contributed by atoms with Crippen LogP contribution in [0.2, 0.25) is 0 Å². The van der Waals surface area contributed by atoms with E-state index in [0.29, 0.717) is 5.89 Å². The van der Waals surface area contributed by atoms with Gasteiger partial charge in [-0.3, -0.25) is 0 Å². The van der Waals surface area contributed by atoms with Crippen molar-refractivity contribution < 1.29 is 4.42 Å². The van der Waals surface area contributed by atoms with Gasteiger partial charge in [0.2, 0.25) is 5.89 Å². The van der Waals surface area contributed by atoms with Crippen LogP contribution >= 0.6 is 0 Å². The van der Waals surface area contributed by atoms with Crippen LogP contribution in [0.3, 0.4) is 0 Å². The standard InChI is InChI=1S/C53H35N3O/c1-4-13-36(14-5-1)37-23-27-41(28-24-37)55(43-31-34-51-48(35-43)46-19-10-11-22-50(46)56(51)40-17-8-3-9-18-40)42-29-25-38(26-30-42)44-20-12-21-47-45(44)32-33-49-52(47)57-53(54-49)39-15-6-2-7-16-39/h1-35H. The van der Waals surface area contributed by atoms with Gasteiger partial charge in [0.05, 0.1) is 11.0 Å². The Morgan fingerprint density at radius 3 is 1.70 bits per heavy atom. The van der Waals surface area contributed by atoms with Gasteiger partial charge < -0.3 is 13.9 Å². The molecule has 57 heavy (non-hydrogen) atoms. The van der Waals surface area contributed by atoms with Gasteiger partial charge in [-0.2, -0.15) is 0 Å². The maximum Gasteiger partial charge on any atom is 0.227 e. The molecule has 0 saturated carbocycles. The van der Waals surface area contributed by atoms with E-state index in [1.165, 1.54) is 32.9 Å². The summed E-state index contributed by atoms with van der Waals surface area (Å²) in [6.07, 6.45) is 0. The molecule has 11 rings (SSSR count). The quantitative estimate of drug-likeness (QED) is 0.164. The zero-order valence-corrected chi connectivity index (χ0v) is 31.0. The number of oxazole rings is 1. The van der Waals surface area contributed by atoms with Crippen molar-refractivity contribution in [3.05, 3.63) is 212 Å². The molecular weight excluding hydrogens is 695 g/mol. The highest BCUT2D eigenvalue weighted by Gasteiger charge is 2.19.